The molecule has 1 atom stereocenters. The van der Waals surface area contributed by atoms with Gasteiger partial charge in [0.1, 0.15) is 0 Å². The molecule has 0 saturated carbocycles. The number of carbonyl (C=O) groups excluding carboxylic acids is 1. The average Bonchev–Trinajstić information content (AvgIpc) is 3.04. The highest BCUT2D eigenvalue weighted by Gasteiger charge is 2.34. The smallest absolute Gasteiger partial charge is 0.284 e. The van der Waals surface area contributed by atoms with Crippen LogP contribution >= 0.6 is 11.3 Å². The Kier molecular flexibility index (Phi) is 3.01. The number of nitrogens with zero attached hydrogens (tertiary/aromatic N) is 5. The van der Waals surface area contributed by atoms with Crippen molar-refractivity contribution in [2.75, 3.05) is 18.6 Å². The zero-order valence-electron chi connectivity index (χ0n) is 11.0. The second-order valence-corrected chi connectivity index (χ2v) is 8.01. The number of hydrogen-bond donors (Lipinski definition) is 0. The quantitative estimate of drug-likeness (QED) is 0.758. The second-order valence-electron chi connectivity index (χ2n) is 4.82. The number of amides is 1. The summed E-state index contributed by atoms with van der Waals surface area (Å²) in [6.45, 7) is 1.75. The van der Waals surface area contributed by atoms with Crippen molar-refractivity contribution in [3.63, 3.8) is 0 Å². The molecule has 1 unspecified atom stereocenters. The Hall–Kier alpha value is -1.55. The minimum Gasteiger partial charge on any atom is -0.336 e. The summed E-state index contributed by atoms with van der Waals surface area (Å²) in [5.41, 5.74) is 0. The second kappa shape index (κ2) is 4.48. The fraction of sp³-hybridized carbons (Fsp3) is 0.600. The van der Waals surface area contributed by atoms with Gasteiger partial charge in [-0.25, -0.2) is 8.42 Å². The maximum absolute atomic E-state index is 12.3. The van der Waals surface area contributed by atoms with Crippen molar-refractivity contribution in [2.24, 2.45) is 0 Å². The first-order chi connectivity index (χ1) is 9.37. The number of aromatic nitrogens is 4. The van der Waals surface area contributed by atoms with E-state index in [1.807, 2.05) is 0 Å². The third-order valence-corrected chi connectivity index (χ3v) is 6.04. The Balaban J connectivity index is 1.84. The van der Waals surface area contributed by atoms with E-state index in [-0.39, 0.29) is 23.5 Å². The Morgan fingerprint density at radius 3 is 2.80 bits per heavy atom. The lowest BCUT2D eigenvalue weighted by Gasteiger charge is -2.21. The predicted octanol–water partition coefficient (Wildman–Crippen LogP) is -0.247. The number of sulfone groups is 1. The van der Waals surface area contributed by atoms with Crippen LogP contribution in [0.2, 0.25) is 0 Å². The Bertz CT molecular complexity index is 778. The molecule has 3 heterocycles. The lowest BCUT2D eigenvalue weighted by molar-refractivity contribution is 0.0746. The summed E-state index contributed by atoms with van der Waals surface area (Å²) >= 11 is 1.15. The average molecular weight is 315 g/mol. The van der Waals surface area contributed by atoms with Crippen LogP contribution in [0.25, 0.3) is 4.96 Å². The molecule has 0 bridgehead atoms. The van der Waals surface area contributed by atoms with Crippen molar-refractivity contribution < 1.29 is 13.2 Å². The Morgan fingerprint density at radius 1 is 1.45 bits per heavy atom. The molecular weight excluding hydrogens is 302 g/mol. The van der Waals surface area contributed by atoms with Gasteiger partial charge in [-0.3, -0.25) is 4.79 Å². The summed E-state index contributed by atoms with van der Waals surface area (Å²) < 4.78 is 24.5. The van der Waals surface area contributed by atoms with Crippen LogP contribution in [0, 0.1) is 6.92 Å². The molecular formula is C10H13N5O3S2. The van der Waals surface area contributed by atoms with Gasteiger partial charge in [0, 0.05) is 13.1 Å². The molecule has 20 heavy (non-hydrogen) atoms. The molecule has 2 aromatic rings. The van der Waals surface area contributed by atoms with Crippen LogP contribution in [0.4, 0.5) is 0 Å². The topological polar surface area (TPSA) is 97.5 Å². The molecule has 2 aromatic heterocycles. The molecule has 1 aliphatic rings. The SMILES string of the molecule is Cc1nnc2sc(C(=O)N(C)C3CCS(=O)(=O)C3)nn12. The molecule has 0 aromatic carbocycles. The third kappa shape index (κ3) is 2.18. The first-order valence-corrected chi connectivity index (χ1v) is 8.67. The van der Waals surface area contributed by atoms with Gasteiger partial charge in [-0.15, -0.1) is 15.3 Å². The zero-order chi connectivity index (χ0) is 14.5. The summed E-state index contributed by atoms with van der Waals surface area (Å²) in [5.74, 6) is 0.501. The summed E-state index contributed by atoms with van der Waals surface area (Å²) in [7, 11) is -1.40. The fourth-order valence-corrected chi connectivity index (χ4v) is 4.84. The van der Waals surface area contributed by atoms with Crippen LogP contribution in [0.3, 0.4) is 0 Å². The first kappa shape index (κ1) is 13.4. The molecule has 1 aliphatic heterocycles. The summed E-state index contributed by atoms with van der Waals surface area (Å²) in [5, 5.41) is 12.2. The maximum Gasteiger partial charge on any atom is 0.284 e. The van der Waals surface area contributed by atoms with Gasteiger partial charge in [0.2, 0.25) is 9.97 Å². The normalized spacial score (nSPS) is 21.4. The van der Waals surface area contributed by atoms with E-state index in [9.17, 15) is 13.2 Å². The van der Waals surface area contributed by atoms with Gasteiger partial charge < -0.3 is 4.90 Å². The number of carbonyl (C=O) groups is 1. The lowest BCUT2D eigenvalue weighted by atomic mass is 10.2. The molecule has 0 radical (unpaired) electrons. The highest BCUT2D eigenvalue weighted by Crippen LogP contribution is 2.21. The van der Waals surface area contributed by atoms with Crippen molar-refractivity contribution in [2.45, 2.75) is 19.4 Å². The van der Waals surface area contributed by atoms with E-state index in [4.69, 9.17) is 0 Å². The van der Waals surface area contributed by atoms with E-state index >= 15 is 0 Å². The monoisotopic (exact) mass is 315 g/mol. The Labute approximate surface area is 119 Å². The van der Waals surface area contributed by atoms with Gasteiger partial charge in [0.25, 0.3) is 5.91 Å². The molecule has 108 valence electrons. The van der Waals surface area contributed by atoms with Crippen LogP contribution < -0.4 is 0 Å². The van der Waals surface area contributed by atoms with Crippen molar-refractivity contribution in [3.8, 4) is 0 Å². The van der Waals surface area contributed by atoms with Gasteiger partial charge in [-0.1, -0.05) is 11.3 Å². The van der Waals surface area contributed by atoms with Crippen molar-refractivity contribution in [1.29, 1.82) is 0 Å². The van der Waals surface area contributed by atoms with E-state index in [2.05, 4.69) is 15.3 Å². The van der Waals surface area contributed by atoms with E-state index in [0.29, 0.717) is 22.2 Å². The van der Waals surface area contributed by atoms with Gasteiger partial charge in [-0.05, 0) is 13.3 Å². The maximum atomic E-state index is 12.3. The van der Waals surface area contributed by atoms with Crippen LogP contribution in [0.5, 0.6) is 0 Å². The largest absolute Gasteiger partial charge is 0.336 e. The highest BCUT2D eigenvalue weighted by molar-refractivity contribution is 7.91. The van der Waals surface area contributed by atoms with Gasteiger partial charge in [-0.2, -0.15) is 4.52 Å². The van der Waals surface area contributed by atoms with Crippen molar-refractivity contribution in [3.05, 3.63) is 10.8 Å². The Morgan fingerprint density at radius 2 is 2.20 bits per heavy atom. The van der Waals surface area contributed by atoms with Gasteiger partial charge >= 0.3 is 0 Å². The molecule has 1 amide bonds. The minimum atomic E-state index is -3.02. The standard InChI is InChI=1S/C10H13N5O3S2/c1-6-11-12-10-15(6)13-8(19-10)9(16)14(2)7-3-4-20(17,18)5-7/h7H,3-5H2,1-2H3. The van der Waals surface area contributed by atoms with E-state index < -0.39 is 9.84 Å². The lowest BCUT2D eigenvalue weighted by Crippen LogP contribution is -2.37. The summed E-state index contributed by atoms with van der Waals surface area (Å²) in [6.07, 6.45) is 0.480. The molecule has 1 fully saturated rings. The molecule has 10 heteroatoms. The highest BCUT2D eigenvalue weighted by atomic mass is 32.2. The molecule has 8 nitrogen and oxygen atoms in total. The van der Waals surface area contributed by atoms with E-state index in [1.54, 1.807) is 14.0 Å². The number of rotatable bonds is 2. The predicted molar refractivity (Wildman–Crippen MR) is 72.5 cm³/mol. The zero-order valence-corrected chi connectivity index (χ0v) is 12.6. The van der Waals surface area contributed by atoms with Crippen molar-refractivity contribution in [1.82, 2.24) is 24.7 Å². The van der Waals surface area contributed by atoms with Gasteiger partial charge in [0.05, 0.1) is 11.5 Å². The fourth-order valence-electron chi connectivity index (χ4n) is 2.20. The molecule has 3 rings (SSSR count). The van der Waals surface area contributed by atoms with E-state index in [0.717, 1.165) is 11.3 Å². The summed E-state index contributed by atoms with van der Waals surface area (Å²) in [6, 6.07) is -0.275. The van der Waals surface area contributed by atoms with Gasteiger partial charge in [0.15, 0.2) is 15.7 Å². The minimum absolute atomic E-state index is 0.0261. The van der Waals surface area contributed by atoms with Crippen LogP contribution in [-0.4, -0.2) is 63.6 Å². The van der Waals surface area contributed by atoms with Crippen molar-refractivity contribution >= 4 is 32.0 Å². The number of hydrogen-bond acceptors (Lipinski definition) is 7. The number of aryl methyl sites for hydroxylation is 1. The number of fused-ring (bicyclic) bond motifs is 1. The molecule has 1 saturated heterocycles. The van der Waals surface area contributed by atoms with Crippen LogP contribution in [0.15, 0.2) is 0 Å². The van der Waals surface area contributed by atoms with Crippen LogP contribution in [-0.2, 0) is 9.84 Å². The molecule has 0 aliphatic carbocycles. The first-order valence-electron chi connectivity index (χ1n) is 6.04. The molecule has 0 N–H and O–H groups in total. The summed E-state index contributed by atoms with van der Waals surface area (Å²) in [4.78, 5) is 14.4. The van der Waals surface area contributed by atoms with E-state index in [1.165, 1.54) is 9.42 Å². The van der Waals surface area contributed by atoms with Crippen LogP contribution in [0.1, 0.15) is 22.0 Å². The molecule has 0 spiro atoms. The third-order valence-electron chi connectivity index (χ3n) is 3.41.